The normalized spacial score (nSPS) is 25.2. The average Bonchev–Trinajstić information content (AvgIpc) is 3.12. The molecule has 1 aromatic carbocycles. The molecule has 0 radical (unpaired) electrons. The largest absolute Gasteiger partial charge is 0.364 e. The molecule has 0 spiro atoms. The van der Waals surface area contributed by atoms with E-state index in [1.807, 2.05) is 30.3 Å². The maximum atomic E-state index is 4.72. The minimum Gasteiger partial charge on any atom is -0.364 e. The molecule has 128 valence electrons. The fourth-order valence-electron chi connectivity index (χ4n) is 3.95. The number of fused-ring (bicyclic) bond motifs is 4. The molecule has 25 heavy (non-hydrogen) atoms. The number of benzene rings is 1. The van der Waals surface area contributed by atoms with Gasteiger partial charge in [-0.05, 0) is 44.0 Å². The van der Waals surface area contributed by atoms with Crippen molar-refractivity contribution in [1.29, 1.82) is 0 Å². The summed E-state index contributed by atoms with van der Waals surface area (Å²) >= 11 is 0. The van der Waals surface area contributed by atoms with Gasteiger partial charge in [0.05, 0.1) is 6.33 Å². The highest BCUT2D eigenvalue weighted by molar-refractivity contribution is 5.84. The van der Waals surface area contributed by atoms with Gasteiger partial charge in [-0.15, -0.1) is 0 Å². The van der Waals surface area contributed by atoms with Crippen molar-refractivity contribution in [3.63, 3.8) is 0 Å². The number of piperidine rings is 3. The fraction of sp³-hybridized carbons (Fsp3) is 0.389. The third-order valence-corrected chi connectivity index (χ3v) is 5.29. The summed E-state index contributed by atoms with van der Waals surface area (Å²) in [7, 11) is 0. The third-order valence-electron chi connectivity index (χ3n) is 5.29. The zero-order valence-corrected chi connectivity index (χ0v) is 13.9. The van der Waals surface area contributed by atoms with Crippen LogP contribution in [0.4, 0.5) is 17.5 Å². The van der Waals surface area contributed by atoms with Gasteiger partial charge in [0.1, 0.15) is 5.52 Å². The molecule has 0 amide bonds. The topological polar surface area (TPSA) is 81.8 Å². The van der Waals surface area contributed by atoms with Crippen molar-refractivity contribution in [3.05, 3.63) is 36.7 Å². The SMILES string of the molecule is c1ccc(Nc2nc(NC3CN4CCC3CC4)c3[nH]cnc3n2)cc1. The van der Waals surface area contributed by atoms with Crippen LogP contribution in [0.1, 0.15) is 12.8 Å². The van der Waals surface area contributed by atoms with Gasteiger partial charge in [-0.25, -0.2) is 4.98 Å². The third kappa shape index (κ3) is 2.80. The van der Waals surface area contributed by atoms with Crippen LogP contribution in [0.25, 0.3) is 11.2 Å². The number of aromatic nitrogens is 4. The highest BCUT2D eigenvalue weighted by Gasteiger charge is 2.34. The Kier molecular flexibility index (Phi) is 3.52. The zero-order chi connectivity index (χ0) is 16.6. The van der Waals surface area contributed by atoms with E-state index in [-0.39, 0.29) is 0 Å². The minimum atomic E-state index is 0.438. The molecule has 3 saturated heterocycles. The first kappa shape index (κ1) is 14.7. The number of nitrogens with one attached hydrogen (secondary N) is 3. The Bertz CT molecular complexity index is 868. The van der Waals surface area contributed by atoms with Crippen LogP contribution in [0.15, 0.2) is 36.7 Å². The number of para-hydroxylation sites is 1. The summed E-state index contributed by atoms with van der Waals surface area (Å²) in [5, 5.41) is 6.93. The second-order valence-electron chi connectivity index (χ2n) is 6.88. The van der Waals surface area contributed by atoms with Crippen LogP contribution >= 0.6 is 0 Å². The van der Waals surface area contributed by atoms with Gasteiger partial charge in [-0.2, -0.15) is 9.97 Å². The predicted octanol–water partition coefficient (Wildman–Crippen LogP) is 2.60. The van der Waals surface area contributed by atoms with Crippen molar-refractivity contribution in [2.75, 3.05) is 30.3 Å². The second-order valence-corrected chi connectivity index (χ2v) is 6.88. The number of hydrogen-bond acceptors (Lipinski definition) is 6. The van der Waals surface area contributed by atoms with Crippen LogP contribution in [-0.2, 0) is 0 Å². The Morgan fingerprint density at radius 3 is 2.68 bits per heavy atom. The standard InChI is InChI=1S/C18H21N7/c1-2-4-13(5-3-1)21-18-23-16-15(19-11-20-16)17(24-18)22-14-10-25-8-6-12(14)7-9-25/h1-5,11-12,14H,6-10H2,(H3,19,20,21,22,23,24). The Morgan fingerprint density at radius 2 is 1.92 bits per heavy atom. The van der Waals surface area contributed by atoms with Crippen LogP contribution in [0, 0.1) is 5.92 Å². The van der Waals surface area contributed by atoms with E-state index in [0.717, 1.165) is 29.5 Å². The summed E-state index contributed by atoms with van der Waals surface area (Å²) in [5.74, 6) is 2.12. The molecule has 3 aromatic rings. The predicted molar refractivity (Wildman–Crippen MR) is 98.0 cm³/mol. The molecule has 3 aliphatic heterocycles. The summed E-state index contributed by atoms with van der Waals surface area (Å²) in [4.78, 5) is 19.3. The van der Waals surface area contributed by atoms with Crippen molar-refractivity contribution in [1.82, 2.24) is 24.8 Å². The van der Waals surface area contributed by atoms with Gasteiger partial charge < -0.3 is 20.5 Å². The molecule has 1 unspecified atom stereocenters. The molecule has 7 heteroatoms. The van der Waals surface area contributed by atoms with E-state index in [9.17, 15) is 0 Å². The van der Waals surface area contributed by atoms with Crippen molar-refractivity contribution in [3.8, 4) is 0 Å². The van der Waals surface area contributed by atoms with Crippen LogP contribution in [0.5, 0.6) is 0 Å². The molecule has 2 aromatic heterocycles. The quantitative estimate of drug-likeness (QED) is 0.680. The van der Waals surface area contributed by atoms with E-state index >= 15 is 0 Å². The van der Waals surface area contributed by atoms with Gasteiger partial charge in [0.2, 0.25) is 5.95 Å². The highest BCUT2D eigenvalue weighted by Crippen LogP contribution is 2.31. The lowest BCUT2D eigenvalue weighted by Crippen LogP contribution is -2.53. The lowest BCUT2D eigenvalue weighted by atomic mass is 9.84. The molecule has 1 atom stereocenters. The van der Waals surface area contributed by atoms with Crippen molar-refractivity contribution in [2.45, 2.75) is 18.9 Å². The van der Waals surface area contributed by atoms with E-state index in [2.05, 4.69) is 30.5 Å². The number of nitrogens with zero attached hydrogens (tertiary/aromatic N) is 4. The summed E-state index contributed by atoms with van der Waals surface area (Å²) in [5.41, 5.74) is 2.51. The second kappa shape index (κ2) is 6.00. The highest BCUT2D eigenvalue weighted by atomic mass is 15.2. The van der Waals surface area contributed by atoms with E-state index in [0.29, 0.717) is 17.6 Å². The van der Waals surface area contributed by atoms with Crippen molar-refractivity contribution >= 4 is 28.6 Å². The Morgan fingerprint density at radius 1 is 1.08 bits per heavy atom. The average molecular weight is 335 g/mol. The lowest BCUT2D eigenvalue weighted by molar-refractivity contribution is 0.0974. The molecule has 0 aliphatic carbocycles. The Hall–Kier alpha value is -2.67. The Balaban J connectivity index is 1.46. The molecule has 5 heterocycles. The number of rotatable bonds is 4. The van der Waals surface area contributed by atoms with Crippen LogP contribution in [-0.4, -0.2) is 50.5 Å². The summed E-state index contributed by atoms with van der Waals surface area (Å²) in [6.07, 6.45) is 4.21. The summed E-state index contributed by atoms with van der Waals surface area (Å²) in [6.45, 7) is 3.55. The molecule has 3 N–H and O–H groups in total. The molecule has 3 fully saturated rings. The first-order chi connectivity index (χ1) is 12.3. The lowest BCUT2D eigenvalue weighted by Gasteiger charge is -2.45. The molecule has 3 aliphatic rings. The minimum absolute atomic E-state index is 0.438. The first-order valence-electron chi connectivity index (χ1n) is 8.87. The van der Waals surface area contributed by atoms with E-state index in [1.165, 1.54) is 25.9 Å². The fourth-order valence-corrected chi connectivity index (χ4v) is 3.95. The number of aromatic amines is 1. The molecule has 0 saturated carbocycles. The number of imidazole rings is 1. The smallest absolute Gasteiger partial charge is 0.231 e. The molecule has 2 bridgehead atoms. The van der Waals surface area contributed by atoms with Gasteiger partial charge in [-0.3, -0.25) is 0 Å². The number of anilines is 3. The zero-order valence-electron chi connectivity index (χ0n) is 13.9. The van der Waals surface area contributed by atoms with E-state index in [1.54, 1.807) is 6.33 Å². The van der Waals surface area contributed by atoms with Gasteiger partial charge in [0.15, 0.2) is 11.5 Å². The number of H-pyrrole nitrogens is 1. The monoisotopic (exact) mass is 335 g/mol. The first-order valence-corrected chi connectivity index (χ1v) is 8.87. The van der Waals surface area contributed by atoms with E-state index in [4.69, 9.17) is 4.98 Å². The summed E-state index contributed by atoms with van der Waals surface area (Å²) < 4.78 is 0. The molecule has 7 nitrogen and oxygen atoms in total. The van der Waals surface area contributed by atoms with Crippen LogP contribution in [0.2, 0.25) is 0 Å². The Labute approximate surface area is 145 Å². The van der Waals surface area contributed by atoms with Crippen LogP contribution in [0.3, 0.4) is 0 Å². The molecule has 6 rings (SSSR count). The van der Waals surface area contributed by atoms with Crippen molar-refractivity contribution < 1.29 is 0 Å². The van der Waals surface area contributed by atoms with Crippen LogP contribution < -0.4 is 10.6 Å². The van der Waals surface area contributed by atoms with Gasteiger partial charge in [0.25, 0.3) is 0 Å². The summed E-state index contributed by atoms with van der Waals surface area (Å²) in [6, 6.07) is 10.4. The number of hydrogen-bond donors (Lipinski definition) is 3. The maximum absolute atomic E-state index is 4.72. The van der Waals surface area contributed by atoms with E-state index < -0.39 is 0 Å². The van der Waals surface area contributed by atoms with Gasteiger partial charge >= 0.3 is 0 Å². The molecular formula is C18H21N7. The molecular weight excluding hydrogens is 314 g/mol. The van der Waals surface area contributed by atoms with Crippen molar-refractivity contribution in [2.24, 2.45) is 5.92 Å². The maximum Gasteiger partial charge on any atom is 0.231 e. The van der Waals surface area contributed by atoms with Gasteiger partial charge in [0, 0.05) is 18.3 Å². The van der Waals surface area contributed by atoms with Gasteiger partial charge in [-0.1, -0.05) is 18.2 Å².